The van der Waals surface area contributed by atoms with Crippen LogP contribution in [-0.4, -0.2) is 28.7 Å². The highest BCUT2D eigenvalue weighted by molar-refractivity contribution is 5.87. The molecule has 0 spiro atoms. The number of ether oxygens (including phenoxy) is 2. The summed E-state index contributed by atoms with van der Waals surface area (Å²) in [7, 11) is 0. The maximum atomic E-state index is 13.3. The quantitative estimate of drug-likeness (QED) is 0.426. The highest BCUT2D eigenvalue weighted by atomic mass is 16.6. The van der Waals surface area contributed by atoms with Gasteiger partial charge in [0.25, 0.3) is 5.56 Å². The number of carbonyl (C=O) groups is 2. The molecule has 2 aromatic rings. The van der Waals surface area contributed by atoms with Crippen molar-refractivity contribution in [2.24, 2.45) is 0 Å². The molecular weight excluding hydrogens is 406 g/mol. The molecule has 0 saturated heterocycles. The van der Waals surface area contributed by atoms with Gasteiger partial charge in [-0.25, -0.2) is 4.79 Å². The first-order valence-corrected chi connectivity index (χ1v) is 10.9. The Balaban J connectivity index is 2.37. The van der Waals surface area contributed by atoms with Gasteiger partial charge in [0.15, 0.2) is 0 Å². The number of aryl methyl sites for hydroxylation is 1. The van der Waals surface area contributed by atoms with Gasteiger partial charge in [-0.2, -0.15) is 0 Å². The molecule has 2 rings (SSSR count). The lowest BCUT2D eigenvalue weighted by atomic mass is 9.99. The molecule has 0 N–H and O–H groups in total. The first-order chi connectivity index (χ1) is 15.1. The average molecular weight is 440 g/mol. The maximum absolute atomic E-state index is 13.3. The number of esters is 2. The molecule has 6 nitrogen and oxygen atoms in total. The second kappa shape index (κ2) is 11.5. The number of hydrogen-bond donors (Lipinski definition) is 0. The van der Waals surface area contributed by atoms with E-state index in [9.17, 15) is 14.4 Å². The van der Waals surface area contributed by atoms with Gasteiger partial charge in [-0.15, -0.1) is 0 Å². The Morgan fingerprint density at radius 2 is 1.81 bits per heavy atom. The van der Waals surface area contributed by atoms with Gasteiger partial charge in [-0.3, -0.25) is 9.59 Å². The molecule has 0 bridgehead atoms. The van der Waals surface area contributed by atoms with E-state index >= 15 is 0 Å². The summed E-state index contributed by atoms with van der Waals surface area (Å²) in [6.45, 7) is 9.85. The van der Waals surface area contributed by atoms with Gasteiger partial charge in [0, 0.05) is 24.3 Å². The van der Waals surface area contributed by atoms with Gasteiger partial charge in [-0.05, 0) is 70.2 Å². The largest absolute Gasteiger partial charge is 0.466 e. The number of pyridine rings is 1. The minimum absolute atomic E-state index is 0.132. The van der Waals surface area contributed by atoms with E-state index in [2.05, 4.69) is 0 Å². The summed E-state index contributed by atoms with van der Waals surface area (Å²) in [5, 5.41) is 0. The van der Waals surface area contributed by atoms with Gasteiger partial charge in [0.2, 0.25) is 0 Å². The molecule has 6 heteroatoms. The summed E-state index contributed by atoms with van der Waals surface area (Å²) in [6.07, 6.45) is 5.91. The smallest absolute Gasteiger partial charge is 0.331 e. The van der Waals surface area contributed by atoms with Gasteiger partial charge < -0.3 is 14.0 Å². The van der Waals surface area contributed by atoms with E-state index in [1.54, 1.807) is 44.5 Å². The van der Waals surface area contributed by atoms with Crippen LogP contribution in [0.5, 0.6) is 0 Å². The number of hydrogen-bond acceptors (Lipinski definition) is 5. The Hall–Kier alpha value is -3.15. The summed E-state index contributed by atoms with van der Waals surface area (Å²) in [6, 6.07) is 9.75. The van der Waals surface area contributed by atoms with Crippen LogP contribution in [0.2, 0.25) is 0 Å². The Morgan fingerprint density at radius 1 is 1.12 bits per heavy atom. The third-order valence-electron chi connectivity index (χ3n) is 4.72. The van der Waals surface area contributed by atoms with Crippen LogP contribution in [0.25, 0.3) is 6.08 Å². The zero-order chi connectivity index (χ0) is 23.7. The Morgan fingerprint density at radius 3 is 2.44 bits per heavy atom. The Bertz CT molecular complexity index is 1010. The van der Waals surface area contributed by atoms with Crippen molar-refractivity contribution in [3.8, 4) is 0 Å². The molecule has 0 aliphatic carbocycles. The van der Waals surface area contributed by atoms with Crippen molar-refractivity contribution < 1.29 is 19.1 Å². The van der Waals surface area contributed by atoms with Crippen LogP contribution in [0.3, 0.4) is 0 Å². The number of nitrogens with zero attached hydrogens (tertiary/aromatic N) is 1. The molecule has 1 aromatic carbocycles. The van der Waals surface area contributed by atoms with E-state index in [4.69, 9.17) is 9.47 Å². The van der Waals surface area contributed by atoms with E-state index in [1.165, 1.54) is 6.08 Å². The lowest BCUT2D eigenvalue weighted by Gasteiger charge is -2.18. The molecule has 0 fully saturated rings. The third-order valence-corrected chi connectivity index (χ3v) is 4.72. The normalized spacial score (nSPS) is 11.5. The molecule has 0 aliphatic rings. The Labute approximate surface area is 189 Å². The zero-order valence-corrected chi connectivity index (χ0v) is 19.6. The minimum Gasteiger partial charge on any atom is -0.466 e. The fourth-order valence-corrected chi connectivity index (χ4v) is 3.39. The van der Waals surface area contributed by atoms with E-state index in [0.717, 1.165) is 11.1 Å². The average Bonchev–Trinajstić information content (AvgIpc) is 2.70. The second-order valence-corrected chi connectivity index (χ2v) is 8.65. The number of rotatable bonds is 9. The second-order valence-electron chi connectivity index (χ2n) is 8.65. The highest BCUT2D eigenvalue weighted by Gasteiger charge is 2.16. The summed E-state index contributed by atoms with van der Waals surface area (Å²) in [5.41, 5.74) is 2.42. The minimum atomic E-state index is -0.599. The molecule has 0 aliphatic heterocycles. The Kier molecular flexibility index (Phi) is 9.00. The van der Waals surface area contributed by atoms with Crippen LogP contribution >= 0.6 is 0 Å². The summed E-state index contributed by atoms with van der Waals surface area (Å²) in [5.74, 6) is -0.751. The molecule has 172 valence electrons. The van der Waals surface area contributed by atoms with Crippen molar-refractivity contribution in [2.75, 3.05) is 6.61 Å². The molecule has 0 radical (unpaired) electrons. The van der Waals surface area contributed by atoms with Crippen LogP contribution < -0.4 is 5.56 Å². The monoisotopic (exact) mass is 439 g/mol. The molecular formula is C26H33NO5. The molecule has 32 heavy (non-hydrogen) atoms. The molecule has 0 unspecified atom stereocenters. The van der Waals surface area contributed by atoms with Gasteiger partial charge in [-0.1, -0.05) is 30.3 Å². The van der Waals surface area contributed by atoms with Crippen LogP contribution in [0, 0.1) is 6.92 Å². The van der Waals surface area contributed by atoms with E-state index in [1.807, 2.05) is 37.3 Å². The van der Waals surface area contributed by atoms with Crippen molar-refractivity contribution in [1.82, 2.24) is 4.57 Å². The molecule has 1 aromatic heterocycles. The van der Waals surface area contributed by atoms with Gasteiger partial charge >= 0.3 is 11.9 Å². The highest BCUT2D eigenvalue weighted by Crippen LogP contribution is 2.17. The predicted molar refractivity (Wildman–Crippen MR) is 125 cm³/mol. The van der Waals surface area contributed by atoms with Crippen molar-refractivity contribution in [1.29, 1.82) is 0 Å². The number of aromatic nitrogens is 1. The van der Waals surface area contributed by atoms with Crippen molar-refractivity contribution in [3.05, 3.63) is 75.2 Å². The van der Waals surface area contributed by atoms with Crippen LogP contribution in [0.1, 0.15) is 62.8 Å². The first kappa shape index (κ1) is 25.1. The molecule has 1 heterocycles. The van der Waals surface area contributed by atoms with E-state index in [-0.39, 0.29) is 17.9 Å². The van der Waals surface area contributed by atoms with Gasteiger partial charge in [0.05, 0.1) is 13.2 Å². The SMILES string of the molecule is CCOC(=O)CCCc1c(/C=C/C(=O)OC(C)(C)C)c(C)cn(Cc2ccccc2)c1=O. The summed E-state index contributed by atoms with van der Waals surface area (Å²) in [4.78, 5) is 37.2. The fraction of sp³-hybridized carbons (Fsp3) is 0.423. The van der Waals surface area contributed by atoms with Crippen LogP contribution in [0.15, 0.2) is 47.4 Å². The summed E-state index contributed by atoms with van der Waals surface area (Å²) < 4.78 is 12.0. The standard InChI is InChI=1S/C26H33NO5/c1-6-31-23(28)14-10-13-22-21(15-16-24(29)32-26(3,4)5)19(2)17-27(25(22)30)18-20-11-8-7-9-12-20/h7-9,11-12,15-17H,6,10,13-14,18H2,1-5H3/b16-15+. The van der Waals surface area contributed by atoms with E-state index < -0.39 is 11.6 Å². The van der Waals surface area contributed by atoms with Crippen molar-refractivity contribution >= 4 is 18.0 Å². The van der Waals surface area contributed by atoms with E-state index in [0.29, 0.717) is 37.1 Å². The number of carbonyl (C=O) groups excluding carboxylic acids is 2. The molecule has 0 amide bonds. The van der Waals surface area contributed by atoms with Crippen molar-refractivity contribution in [2.45, 2.75) is 66.0 Å². The van der Waals surface area contributed by atoms with Crippen LogP contribution in [0.4, 0.5) is 0 Å². The van der Waals surface area contributed by atoms with Crippen molar-refractivity contribution in [3.63, 3.8) is 0 Å². The maximum Gasteiger partial charge on any atom is 0.331 e. The first-order valence-electron chi connectivity index (χ1n) is 10.9. The summed E-state index contributed by atoms with van der Waals surface area (Å²) >= 11 is 0. The topological polar surface area (TPSA) is 74.6 Å². The lowest BCUT2D eigenvalue weighted by Crippen LogP contribution is -2.26. The molecule has 0 saturated carbocycles. The zero-order valence-electron chi connectivity index (χ0n) is 19.6. The van der Waals surface area contributed by atoms with Gasteiger partial charge in [0.1, 0.15) is 5.60 Å². The number of benzene rings is 1. The molecule has 0 atom stereocenters. The fourth-order valence-electron chi connectivity index (χ4n) is 3.39. The third kappa shape index (κ3) is 7.84. The predicted octanol–water partition coefficient (Wildman–Crippen LogP) is 4.45. The lowest BCUT2D eigenvalue weighted by molar-refractivity contribution is -0.148. The van der Waals surface area contributed by atoms with Crippen LogP contribution in [-0.2, 0) is 32.0 Å².